The van der Waals surface area contributed by atoms with E-state index in [9.17, 15) is 9.59 Å². The van der Waals surface area contributed by atoms with Crippen LogP contribution in [0.2, 0.25) is 5.28 Å². The molecule has 0 unspecified atom stereocenters. The molecule has 0 atom stereocenters. The number of hydrogen-bond acceptors (Lipinski definition) is 3. The zero-order valence-corrected chi connectivity index (χ0v) is 14.2. The van der Waals surface area contributed by atoms with E-state index < -0.39 is 11.2 Å². The molecule has 0 fully saturated rings. The number of nitrogens with zero attached hydrogens (tertiary/aromatic N) is 4. The maximum absolute atomic E-state index is 12.5. The van der Waals surface area contributed by atoms with E-state index in [0.717, 1.165) is 21.3 Å². The lowest BCUT2D eigenvalue weighted by atomic mass is 10.1. The Balaban J connectivity index is 2.28. The molecule has 1 aromatic carbocycles. The summed E-state index contributed by atoms with van der Waals surface area (Å²) < 4.78 is 4.05. The molecule has 0 aliphatic carbocycles. The second-order valence-electron chi connectivity index (χ2n) is 5.84. The van der Waals surface area contributed by atoms with Crippen molar-refractivity contribution in [1.82, 2.24) is 18.7 Å². The van der Waals surface area contributed by atoms with Crippen molar-refractivity contribution >= 4 is 22.8 Å². The Kier molecular flexibility index (Phi) is 3.64. The first-order valence-electron chi connectivity index (χ1n) is 7.18. The number of rotatable bonds is 2. The molecule has 0 bridgehead atoms. The van der Waals surface area contributed by atoms with Crippen LogP contribution in [0.4, 0.5) is 0 Å². The first-order chi connectivity index (χ1) is 10.8. The number of aromatic nitrogens is 4. The molecule has 0 N–H and O–H groups in total. The van der Waals surface area contributed by atoms with Crippen LogP contribution in [0.25, 0.3) is 11.2 Å². The van der Waals surface area contributed by atoms with E-state index in [1.165, 1.54) is 11.6 Å². The average molecular weight is 333 g/mol. The maximum atomic E-state index is 12.5. The highest BCUT2D eigenvalue weighted by Crippen LogP contribution is 2.19. The molecule has 0 aliphatic rings. The van der Waals surface area contributed by atoms with Gasteiger partial charge in [-0.3, -0.25) is 13.9 Å². The van der Waals surface area contributed by atoms with Gasteiger partial charge in [-0.1, -0.05) is 29.3 Å². The highest BCUT2D eigenvalue weighted by atomic mass is 35.5. The van der Waals surface area contributed by atoms with Crippen molar-refractivity contribution in [3.05, 3.63) is 61.0 Å². The first kappa shape index (κ1) is 15.6. The van der Waals surface area contributed by atoms with E-state index in [0.29, 0.717) is 17.7 Å². The van der Waals surface area contributed by atoms with E-state index in [2.05, 4.69) is 11.1 Å². The lowest BCUT2D eigenvalue weighted by Gasteiger charge is -2.09. The van der Waals surface area contributed by atoms with E-state index in [1.807, 2.05) is 26.0 Å². The zero-order chi connectivity index (χ0) is 16.9. The SMILES string of the molecule is Cc1cc(C)cc(Cn2c(Cl)nc3c2c(=O)n(C)c(=O)n3C)c1. The number of hydrogen-bond donors (Lipinski definition) is 0. The molecule has 0 saturated carbocycles. The molecule has 0 spiro atoms. The van der Waals surface area contributed by atoms with Gasteiger partial charge in [-0.2, -0.15) is 4.98 Å². The van der Waals surface area contributed by atoms with Gasteiger partial charge in [0.05, 0.1) is 6.54 Å². The third-order valence-corrected chi connectivity index (χ3v) is 4.21. The minimum absolute atomic E-state index is 0.192. The van der Waals surface area contributed by atoms with Gasteiger partial charge in [0, 0.05) is 14.1 Å². The fraction of sp³-hybridized carbons (Fsp3) is 0.312. The summed E-state index contributed by atoms with van der Waals surface area (Å²) >= 11 is 6.23. The van der Waals surface area contributed by atoms with Crippen molar-refractivity contribution in [2.75, 3.05) is 0 Å². The third-order valence-electron chi connectivity index (χ3n) is 3.92. The summed E-state index contributed by atoms with van der Waals surface area (Å²) in [5.74, 6) is 0. The zero-order valence-electron chi connectivity index (χ0n) is 13.4. The number of fused-ring (bicyclic) bond motifs is 1. The summed E-state index contributed by atoms with van der Waals surface area (Å²) in [6, 6.07) is 6.17. The Bertz CT molecular complexity index is 1020. The Labute approximate surface area is 137 Å². The van der Waals surface area contributed by atoms with Crippen molar-refractivity contribution in [3.8, 4) is 0 Å². The molecule has 23 heavy (non-hydrogen) atoms. The largest absolute Gasteiger partial charge is 0.332 e. The van der Waals surface area contributed by atoms with Crippen LogP contribution in [0.5, 0.6) is 0 Å². The second kappa shape index (κ2) is 5.38. The van der Waals surface area contributed by atoms with Gasteiger partial charge >= 0.3 is 5.69 Å². The number of benzene rings is 1. The van der Waals surface area contributed by atoms with Gasteiger partial charge in [0.25, 0.3) is 5.56 Å². The third kappa shape index (κ3) is 2.49. The molecular formula is C16H17ClN4O2. The van der Waals surface area contributed by atoms with E-state index in [1.54, 1.807) is 11.6 Å². The summed E-state index contributed by atoms with van der Waals surface area (Å²) in [5.41, 5.74) is 3.12. The normalized spacial score (nSPS) is 11.3. The second-order valence-corrected chi connectivity index (χ2v) is 6.18. The Hall–Kier alpha value is -2.34. The monoisotopic (exact) mass is 332 g/mol. The standard InChI is InChI=1S/C16H17ClN4O2/c1-9-5-10(2)7-11(6-9)8-21-12-13(18-15(21)17)19(3)16(23)20(4)14(12)22/h5-7H,8H2,1-4H3. The topological polar surface area (TPSA) is 61.8 Å². The molecule has 3 aromatic rings. The quantitative estimate of drug-likeness (QED) is 0.672. The van der Waals surface area contributed by atoms with Crippen LogP contribution in [-0.2, 0) is 20.6 Å². The summed E-state index contributed by atoms with van der Waals surface area (Å²) in [4.78, 5) is 28.7. The van der Waals surface area contributed by atoms with Crippen LogP contribution in [0.1, 0.15) is 16.7 Å². The van der Waals surface area contributed by atoms with Crippen molar-refractivity contribution in [1.29, 1.82) is 0 Å². The summed E-state index contributed by atoms with van der Waals surface area (Å²) in [7, 11) is 3.03. The van der Waals surface area contributed by atoms with Gasteiger partial charge in [-0.15, -0.1) is 0 Å². The molecule has 2 heterocycles. The highest BCUT2D eigenvalue weighted by Gasteiger charge is 2.18. The number of halogens is 1. The van der Waals surface area contributed by atoms with E-state index in [-0.39, 0.29) is 5.28 Å². The van der Waals surface area contributed by atoms with Crippen LogP contribution < -0.4 is 11.2 Å². The van der Waals surface area contributed by atoms with Crippen molar-refractivity contribution < 1.29 is 0 Å². The van der Waals surface area contributed by atoms with Gasteiger partial charge in [-0.25, -0.2) is 4.79 Å². The lowest BCUT2D eigenvalue weighted by molar-refractivity contribution is 0.702. The molecule has 0 amide bonds. The van der Waals surface area contributed by atoms with Crippen LogP contribution in [0.3, 0.4) is 0 Å². The molecule has 6 nitrogen and oxygen atoms in total. The lowest BCUT2D eigenvalue weighted by Crippen LogP contribution is -2.37. The minimum Gasteiger partial charge on any atom is -0.304 e. The van der Waals surface area contributed by atoms with Crippen LogP contribution in [0, 0.1) is 13.8 Å². The highest BCUT2D eigenvalue weighted by molar-refractivity contribution is 6.29. The van der Waals surface area contributed by atoms with Crippen LogP contribution in [0.15, 0.2) is 27.8 Å². The van der Waals surface area contributed by atoms with Crippen molar-refractivity contribution in [2.45, 2.75) is 20.4 Å². The number of imidazole rings is 1. The van der Waals surface area contributed by atoms with Gasteiger partial charge in [0.15, 0.2) is 11.2 Å². The fourth-order valence-corrected chi connectivity index (χ4v) is 3.13. The molecule has 0 saturated heterocycles. The molecular weight excluding hydrogens is 316 g/mol. The molecule has 7 heteroatoms. The maximum Gasteiger partial charge on any atom is 0.332 e. The van der Waals surface area contributed by atoms with Gasteiger partial charge < -0.3 is 4.57 Å². The van der Waals surface area contributed by atoms with Gasteiger partial charge in [-0.05, 0) is 31.0 Å². The predicted molar refractivity (Wildman–Crippen MR) is 90.2 cm³/mol. The fourth-order valence-electron chi connectivity index (χ4n) is 2.91. The predicted octanol–water partition coefficient (Wildman–Crippen LogP) is 1.75. The summed E-state index contributed by atoms with van der Waals surface area (Å²) in [5, 5.41) is 0.192. The summed E-state index contributed by atoms with van der Waals surface area (Å²) in [6.07, 6.45) is 0. The minimum atomic E-state index is -0.421. The van der Waals surface area contributed by atoms with E-state index in [4.69, 9.17) is 11.6 Å². The summed E-state index contributed by atoms with van der Waals surface area (Å²) in [6.45, 7) is 4.46. The van der Waals surface area contributed by atoms with Gasteiger partial charge in [0.1, 0.15) is 0 Å². The molecule has 2 aromatic heterocycles. The van der Waals surface area contributed by atoms with Crippen LogP contribution >= 0.6 is 11.6 Å². The molecule has 0 aliphatic heterocycles. The Morgan fingerprint density at radius 2 is 1.65 bits per heavy atom. The smallest absolute Gasteiger partial charge is 0.304 e. The molecule has 3 rings (SSSR count). The van der Waals surface area contributed by atoms with Crippen LogP contribution in [-0.4, -0.2) is 18.7 Å². The molecule has 0 radical (unpaired) electrons. The van der Waals surface area contributed by atoms with Gasteiger partial charge in [0.2, 0.25) is 5.28 Å². The number of aryl methyl sites for hydroxylation is 3. The van der Waals surface area contributed by atoms with E-state index >= 15 is 0 Å². The Morgan fingerprint density at radius 1 is 1.04 bits per heavy atom. The van der Waals surface area contributed by atoms with Crippen molar-refractivity contribution in [3.63, 3.8) is 0 Å². The molecule has 120 valence electrons. The Morgan fingerprint density at radius 3 is 2.26 bits per heavy atom. The average Bonchev–Trinajstić information content (AvgIpc) is 2.79. The van der Waals surface area contributed by atoms with Crippen molar-refractivity contribution in [2.24, 2.45) is 14.1 Å². The first-order valence-corrected chi connectivity index (χ1v) is 7.56.